The molecule has 1 fully saturated rings. The van der Waals surface area contributed by atoms with Crippen LogP contribution in [0.15, 0.2) is 0 Å². The topological polar surface area (TPSA) is 149 Å². The second kappa shape index (κ2) is 16.9. The van der Waals surface area contributed by atoms with E-state index in [-0.39, 0.29) is 0 Å². The molecule has 7 atom stereocenters. The van der Waals surface area contributed by atoms with E-state index in [0.717, 1.165) is 0 Å². The highest BCUT2D eigenvalue weighted by molar-refractivity contribution is 5.94. The van der Waals surface area contributed by atoms with Crippen LogP contribution in [0.3, 0.4) is 0 Å². The van der Waals surface area contributed by atoms with Crippen LogP contribution in [0.25, 0.3) is 0 Å². The summed E-state index contributed by atoms with van der Waals surface area (Å²) in [7, 11) is 2.87. The Morgan fingerprint density at radius 2 is 0.933 bits per heavy atom. The quantitative estimate of drug-likeness (QED) is 0.327. The lowest BCUT2D eigenvalue weighted by Crippen LogP contribution is -2.57. The van der Waals surface area contributed by atoms with Gasteiger partial charge in [0, 0.05) is 20.0 Å². The molecule has 0 spiro atoms. The van der Waals surface area contributed by atoms with E-state index < -0.39 is 108 Å². The van der Waals surface area contributed by atoms with Gasteiger partial charge in [0.25, 0.3) is 17.7 Å². The average molecular weight is 640 g/mol. The minimum absolute atomic E-state index is 0.431. The van der Waals surface area contributed by atoms with Gasteiger partial charge in [0.1, 0.15) is 18.1 Å². The van der Waals surface area contributed by atoms with E-state index in [9.17, 15) is 28.8 Å². The van der Waals surface area contributed by atoms with Crippen LogP contribution in [-0.2, 0) is 43.0 Å². The molecular weight excluding hydrogens is 582 g/mol. The van der Waals surface area contributed by atoms with Crippen molar-refractivity contribution >= 4 is 35.6 Å². The Bertz CT molecular complexity index is 1070. The lowest BCUT2D eigenvalue weighted by molar-refractivity contribution is -0.178. The molecule has 0 aromatic carbocycles. The summed E-state index contributed by atoms with van der Waals surface area (Å²) in [6.45, 7) is 20.8. The minimum Gasteiger partial charge on any atom is -0.450 e. The average Bonchev–Trinajstić information content (AvgIpc) is 2.93. The zero-order valence-electron chi connectivity index (χ0n) is 29.7. The molecule has 1 aliphatic rings. The van der Waals surface area contributed by atoms with Crippen molar-refractivity contribution in [3.63, 3.8) is 0 Å². The van der Waals surface area contributed by atoms with Gasteiger partial charge in [-0.2, -0.15) is 0 Å². The standard InChI is InChI=1S/C33H57N3O9/c1-15-21(12)27-30(39)36(14)24(18(6)7)33(42)44-26(20(10)11)29(38)35(13)23(17(4)5)32(41)43-25(19(8)9)28(37)34-22(16(2)3)31(40)45-27/h16-27H,15H2,1-14H3,(H,34,37)/t21-,22-,23-,24-,25+,26+,27+/m0/s1. The van der Waals surface area contributed by atoms with E-state index in [0.29, 0.717) is 6.42 Å². The predicted molar refractivity (Wildman–Crippen MR) is 168 cm³/mol. The van der Waals surface area contributed by atoms with Crippen molar-refractivity contribution in [2.75, 3.05) is 14.1 Å². The van der Waals surface area contributed by atoms with E-state index in [1.807, 2.05) is 6.92 Å². The van der Waals surface area contributed by atoms with Crippen molar-refractivity contribution in [3.8, 4) is 0 Å². The summed E-state index contributed by atoms with van der Waals surface area (Å²) in [5.41, 5.74) is 0. The van der Waals surface area contributed by atoms with Crippen LogP contribution in [0.2, 0.25) is 0 Å². The van der Waals surface area contributed by atoms with Gasteiger partial charge in [0.05, 0.1) is 0 Å². The molecule has 0 aromatic heterocycles. The molecular formula is C33H57N3O9. The van der Waals surface area contributed by atoms with Gasteiger partial charge in [-0.1, -0.05) is 83.1 Å². The highest BCUT2D eigenvalue weighted by atomic mass is 16.6. The molecule has 1 heterocycles. The SMILES string of the molecule is CC[C@H](C)[C@H]1OC(=O)[C@H](C(C)C)NC(=O)[C@@H](C(C)C)OC(=O)[C@H](C(C)C)N(C)C(=O)[C@@H](C(C)C)OC(=O)[C@H](C(C)C)N(C)C1=O. The maximum absolute atomic E-state index is 13.9. The summed E-state index contributed by atoms with van der Waals surface area (Å²) >= 11 is 0. The third-order valence-electron chi connectivity index (χ3n) is 8.34. The molecule has 0 aliphatic carbocycles. The van der Waals surface area contributed by atoms with Crippen LogP contribution in [0.4, 0.5) is 0 Å². The van der Waals surface area contributed by atoms with Crippen molar-refractivity contribution < 1.29 is 43.0 Å². The van der Waals surface area contributed by atoms with Crippen LogP contribution >= 0.6 is 0 Å². The smallest absolute Gasteiger partial charge is 0.329 e. The summed E-state index contributed by atoms with van der Waals surface area (Å²) in [5, 5.41) is 2.68. The van der Waals surface area contributed by atoms with Crippen molar-refractivity contribution in [2.45, 2.75) is 126 Å². The van der Waals surface area contributed by atoms with Gasteiger partial charge in [-0.05, 0) is 36.0 Å². The van der Waals surface area contributed by atoms with E-state index >= 15 is 0 Å². The summed E-state index contributed by atoms with van der Waals surface area (Å²) in [6, 6.07) is -3.39. The molecule has 0 aromatic rings. The van der Waals surface area contributed by atoms with Crippen molar-refractivity contribution in [2.24, 2.45) is 35.5 Å². The lowest BCUT2D eigenvalue weighted by atomic mass is 9.96. The first kappa shape index (κ1) is 39.8. The van der Waals surface area contributed by atoms with Crippen molar-refractivity contribution in [1.29, 1.82) is 0 Å². The van der Waals surface area contributed by atoms with E-state index in [2.05, 4.69) is 5.32 Å². The maximum atomic E-state index is 13.9. The molecule has 258 valence electrons. The first-order valence-electron chi connectivity index (χ1n) is 16.1. The van der Waals surface area contributed by atoms with Gasteiger partial charge in [0.2, 0.25) is 0 Å². The summed E-state index contributed by atoms with van der Waals surface area (Å²) in [6.07, 6.45) is -3.36. The third-order valence-corrected chi connectivity index (χ3v) is 8.34. The highest BCUT2D eigenvalue weighted by Gasteiger charge is 2.44. The van der Waals surface area contributed by atoms with Gasteiger partial charge >= 0.3 is 17.9 Å². The van der Waals surface area contributed by atoms with Crippen LogP contribution in [0.5, 0.6) is 0 Å². The Kier molecular flexibility index (Phi) is 15.0. The van der Waals surface area contributed by atoms with Gasteiger partial charge < -0.3 is 29.3 Å². The number of hydrogen-bond acceptors (Lipinski definition) is 9. The fraction of sp³-hybridized carbons (Fsp3) is 0.818. The molecule has 0 radical (unpaired) electrons. The Labute approximate surface area is 269 Å². The number of amides is 3. The van der Waals surface area contributed by atoms with Gasteiger partial charge in [0.15, 0.2) is 18.3 Å². The van der Waals surface area contributed by atoms with Crippen LogP contribution in [0, 0.1) is 35.5 Å². The van der Waals surface area contributed by atoms with Crippen LogP contribution < -0.4 is 5.32 Å². The van der Waals surface area contributed by atoms with E-state index in [1.165, 1.54) is 23.9 Å². The number of hydrogen-bond donors (Lipinski definition) is 1. The number of cyclic esters (lactones) is 3. The Hall–Kier alpha value is -3.18. The summed E-state index contributed by atoms with van der Waals surface area (Å²) < 4.78 is 17.4. The molecule has 0 saturated carbocycles. The Morgan fingerprint density at radius 1 is 0.556 bits per heavy atom. The third kappa shape index (κ3) is 9.90. The fourth-order valence-corrected chi connectivity index (χ4v) is 5.34. The molecule has 12 nitrogen and oxygen atoms in total. The Morgan fingerprint density at radius 3 is 1.29 bits per heavy atom. The normalized spacial score (nSPS) is 27.9. The number of nitrogens with zero attached hydrogens (tertiary/aromatic N) is 2. The number of esters is 3. The van der Waals surface area contributed by atoms with Crippen LogP contribution in [-0.4, -0.2) is 96.0 Å². The van der Waals surface area contributed by atoms with E-state index in [4.69, 9.17) is 14.2 Å². The zero-order chi connectivity index (χ0) is 35.1. The zero-order valence-corrected chi connectivity index (χ0v) is 29.7. The predicted octanol–water partition coefficient (Wildman–Crippen LogP) is 3.20. The number of likely N-dealkylation sites (N-methyl/N-ethyl adjacent to an activating group) is 2. The summed E-state index contributed by atoms with van der Waals surface area (Å²) in [5.74, 6) is -7.08. The molecule has 1 rings (SSSR count). The van der Waals surface area contributed by atoms with E-state index in [1.54, 1.807) is 76.2 Å². The molecule has 1 N–H and O–H groups in total. The monoisotopic (exact) mass is 639 g/mol. The highest BCUT2D eigenvalue weighted by Crippen LogP contribution is 2.24. The minimum atomic E-state index is -1.29. The second-order valence-corrected chi connectivity index (χ2v) is 14.0. The van der Waals surface area contributed by atoms with Crippen LogP contribution in [0.1, 0.15) is 89.5 Å². The van der Waals surface area contributed by atoms with Crippen molar-refractivity contribution in [1.82, 2.24) is 15.1 Å². The number of ether oxygens (including phenoxy) is 3. The first-order valence-corrected chi connectivity index (χ1v) is 16.1. The Balaban J connectivity index is 3.89. The molecule has 1 aliphatic heterocycles. The number of carbonyl (C=O) groups is 6. The molecule has 45 heavy (non-hydrogen) atoms. The second-order valence-electron chi connectivity index (χ2n) is 14.0. The molecule has 3 amide bonds. The summed E-state index contributed by atoms with van der Waals surface area (Å²) in [4.78, 5) is 84.7. The molecule has 0 bridgehead atoms. The van der Waals surface area contributed by atoms with Gasteiger partial charge in [-0.3, -0.25) is 14.4 Å². The number of carbonyl (C=O) groups excluding carboxylic acids is 6. The fourth-order valence-electron chi connectivity index (χ4n) is 5.34. The largest absolute Gasteiger partial charge is 0.450 e. The maximum Gasteiger partial charge on any atom is 0.329 e. The van der Waals surface area contributed by atoms with Crippen molar-refractivity contribution in [3.05, 3.63) is 0 Å². The van der Waals surface area contributed by atoms with Gasteiger partial charge in [-0.25, -0.2) is 14.4 Å². The lowest BCUT2D eigenvalue weighted by Gasteiger charge is -2.37. The molecule has 0 unspecified atom stereocenters. The van der Waals surface area contributed by atoms with Gasteiger partial charge in [-0.15, -0.1) is 0 Å². The molecule has 1 saturated heterocycles. The number of nitrogens with one attached hydrogen (secondary N) is 1. The first-order chi connectivity index (χ1) is 20.7. The number of rotatable bonds is 7. The molecule has 12 heteroatoms.